The van der Waals surface area contributed by atoms with E-state index in [2.05, 4.69) is 55.3 Å². The lowest BCUT2D eigenvalue weighted by atomic mass is 9.97. The van der Waals surface area contributed by atoms with Crippen molar-refractivity contribution >= 4 is 23.1 Å². The minimum absolute atomic E-state index is 0.269. The molecular weight excluding hydrogens is 280 g/mol. The van der Waals surface area contributed by atoms with E-state index in [0.717, 1.165) is 35.0 Å². The minimum atomic E-state index is 0.269. The molecule has 0 spiro atoms. The second-order valence-electron chi connectivity index (χ2n) is 5.36. The highest BCUT2D eigenvalue weighted by Crippen LogP contribution is 2.36. The number of fused-ring (bicyclic) bond motifs is 1. The van der Waals surface area contributed by atoms with Crippen LogP contribution in [0.4, 0.5) is 5.69 Å². The van der Waals surface area contributed by atoms with Gasteiger partial charge in [0, 0.05) is 24.9 Å². The number of hydrogen-bond acceptors (Lipinski definition) is 2. The van der Waals surface area contributed by atoms with Gasteiger partial charge in [0.2, 0.25) is 0 Å². The van der Waals surface area contributed by atoms with E-state index >= 15 is 0 Å². The van der Waals surface area contributed by atoms with Gasteiger partial charge in [-0.05, 0) is 23.3 Å². The number of hydrogen-bond donors (Lipinski definition) is 0. The second-order valence-corrected chi connectivity index (χ2v) is 5.77. The predicted octanol–water partition coefficient (Wildman–Crippen LogP) is 5.01. The smallest absolute Gasteiger partial charge is 0.105 e. The van der Waals surface area contributed by atoms with E-state index in [1.54, 1.807) is 0 Å². The fraction of sp³-hybridized carbons (Fsp3) is 0.278. The van der Waals surface area contributed by atoms with E-state index < -0.39 is 0 Å². The zero-order chi connectivity index (χ0) is 14.8. The first-order valence-electron chi connectivity index (χ1n) is 7.33. The average molecular weight is 299 g/mol. The highest BCUT2D eigenvalue weighted by molar-refractivity contribution is 6.31. The third-order valence-corrected chi connectivity index (χ3v) is 4.47. The van der Waals surface area contributed by atoms with Crippen LogP contribution in [-0.2, 0) is 6.42 Å². The predicted molar refractivity (Wildman–Crippen MR) is 89.5 cm³/mol. The minimum Gasteiger partial charge on any atom is -0.356 e. The topological polar surface area (TPSA) is 15.6 Å². The van der Waals surface area contributed by atoms with E-state index in [4.69, 9.17) is 16.6 Å². The first kappa shape index (κ1) is 14.2. The lowest BCUT2D eigenvalue weighted by molar-refractivity contribution is 0.370. The van der Waals surface area contributed by atoms with E-state index in [1.807, 2.05) is 12.1 Å². The summed E-state index contributed by atoms with van der Waals surface area (Å²) in [6.45, 7) is 2.15. The van der Waals surface area contributed by atoms with Crippen LogP contribution in [0.3, 0.4) is 0 Å². The van der Waals surface area contributed by atoms with Gasteiger partial charge in [-0.3, -0.25) is 0 Å². The molecule has 0 N–H and O–H groups in total. The van der Waals surface area contributed by atoms with Gasteiger partial charge in [-0.1, -0.05) is 54.9 Å². The van der Waals surface area contributed by atoms with Crippen molar-refractivity contribution in [3.05, 3.63) is 64.7 Å². The largest absolute Gasteiger partial charge is 0.356 e. The molecule has 21 heavy (non-hydrogen) atoms. The van der Waals surface area contributed by atoms with Crippen molar-refractivity contribution < 1.29 is 0 Å². The molecule has 1 atom stereocenters. The van der Waals surface area contributed by atoms with Gasteiger partial charge in [0.05, 0.1) is 11.7 Å². The molecule has 0 bridgehead atoms. The monoisotopic (exact) mass is 298 g/mol. The summed E-state index contributed by atoms with van der Waals surface area (Å²) in [4.78, 5) is 7.12. The SMILES string of the molecule is CCC1=Nc2cccc(Cl)c2CC(c2ccccc2)N1C. The van der Waals surface area contributed by atoms with E-state index in [9.17, 15) is 0 Å². The van der Waals surface area contributed by atoms with Crippen LogP contribution >= 0.6 is 11.6 Å². The maximum absolute atomic E-state index is 6.42. The number of aliphatic imine (C=N–C) groups is 1. The van der Waals surface area contributed by atoms with Gasteiger partial charge in [0.25, 0.3) is 0 Å². The Kier molecular flexibility index (Phi) is 3.98. The van der Waals surface area contributed by atoms with Crippen molar-refractivity contribution in [3.63, 3.8) is 0 Å². The van der Waals surface area contributed by atoms with Crippen LogP contribution in [0.1, 0.15) is 30.5 Å². The number of nitrogens with zero attached hydrogens (tertiary/aromatic N) is 2. The molecule has 3 rings (SSSR count). The number of likely N-dealkylation sites (N-methyl/N-ethyl adjacent to an activating group) is 1. The van der Waals surface area contributed by atoms with Gasteiger partial charge in [-0.25, -0.2) is 4.99 Å². The van der Waals surface area contributed by atoms with Crippen molar-refractivity contribution in [1.29, 1.82) is 0 Å². The van der Waals surface area contributed by atoms with E-state index in [0.29, 0.717) is 0 Å². The van der Waals surface area contributed by atoms with Crippen molar-refractivity contribution in [1.82, 2.24) is 4.90 Å². The molecule has 0 saturated carbocycles. The summed E-state index contributed by atoms with van der Waals surface area (Å²) in [6.07, 6.45) is 1.79. The molecule has 0 radical (unpaired) electrons. The Labute approximate surface area is 131 Å². The molecule has 0 aliphatic carbocycles. The molecule has 0 amide bonds. The first-order chi connectivity index (χ1) is 10.2. The number of halogens is 1. The first-order valence-corrected chi connectivity index (χ1v) is 7.71. The van der Waals surface area contributed by atoms with Crippen LogP contribution in [0, 0.1) is 0 Å². The maximum Gasteiger partial charge on any atom is 0.105 e. The molecule has 1 heterocycles. The molecule has 0 fully saturated rings. The normalized spacial score (nSPS) is 18.0. The molecule has 2 aromatic carbocycles. The van der Waals surface area contributed by atoms with Crippen LogP contribution in [0.25, 0.3) is 0 Å². The summed E-state index contributed by atoms with van der Waals surface area (Å²) in [5.74, 6) is 1.10. The van der Waals surface area contributed by atoms with Gasteiger partial charge in [0.1, 0.15) is 5.84 Å². The molecule has 1 aliphatic heterocycles. The van der Waals surface area contributed by atoms with Gasteiger partial charge >= 0.3 is 0 Å². The maximum atomic E-state index is 6.42. The van der Waals surface area contributed by atoms with Gasteiger partial charge < -0.3 is 4.90 Å². The van der Waals surface area contributed by atoms with Crippen molar-refractivity contribution in [3.8, 4) is 0 Å². The molecule has 2 nitrogen and oxygen atoms in total. The molecule has 1 aliphatic rings. The molecule has 2 aromatic rings. The number of rotatable bonds is 2. The summed E-state index contributed by atoms with van der Waals surface area (Å²) >= 11 is 6.42. The van der Waals surface area contributed by atoms with Crippen molar-refractivity contribution in [2.24, 2.45) is 4.99 Å². The van der Waals surface area contributed by atoms with Crippen LogP contribution < -0.4 is 0 Å². The number of amidine groups is 1. The Morgan fingerprint density at radius 3 is 2.62 bits per heavy atom. The Morgan fingerprint density at radius 2 is 1.90 bits per heavy atom. The summed E-state index contributed by atoms with van der Waals surface area (Å²) < 4.78 is 0. The Hall–Kier alpha value is -1.80. The Bertz CT molecular complexity index is 664. The quantitative estimate of drug-likeness (QED) is 0.761. The van der Waals surface area contributed by atoms with Gasteiger partial charge in [-0.2, -0.15) is 0 Å². The van der Waals surface area contributed by atoms with Crippen LogP contribution in [-0.4, -0.2) is 17.8 Å². The fourth-order valence-corrected chi connectivity index (χ4v) is 3.17. The van der Waals surface area contributed by atoms with E-state index in [1.165, 1.54) is 5.56 Å². The lowest BCUT2D eigenvalue weighted by Crippen LogP contribution is -2.30. The third kappa shape index (κ3) is 2.68. The van der Waals surface area contributed by atoms with Crippen molar-refractivity contribution in [2.45, 2.75) is 25.8 Å². The highest BCUT2D eigenvalue weighted by Gasteiger charge is 2.25. The average Bonchev–Trinajstić information content (AvgIpc) is 2.66. The zero-order valence-electron chi connectivity index (χ0n) is 12.4. The lowest BCUT2D eigenvalue weighted by Gasteiger charge is -2.29. The highest BCUT2D eigenvalue weighted by atomic mass is 35.5. The van der Waals surface area contributed by atoms with Gasteiger partial charge in [-0.15, -0.1) is 0 Å². The zero-order valence-corrected chi connectivity index (χ0v) is 13.1. The molecule has 1 unspecified atom stereocenters. The molecule has 0 aromatic heterocycles. The van der Waals surface area contributed by atoms with Crippen molar-refractivity contribution in [2.75, 3.05) is 7.05 Å². The van der Waals surface area contributed by atoms with Crippen LogP contribution in [0.5, 0.6) is 0 Å². The molecule has 0 saturated heterocycles. The summed E-state index contributed by atoms with van der Waals surface area (Å²) in [7, 11) is 2.12. The summed E-state index contributed by atoms with van der Waals surface area (Å²) in [6, 6.07) is 16.8. The summed E-state index contributed by atoms with van der Waals surface area (Å²) in [5.41, 5.74) is 3.45. The second kappa shape index (κ2) is 5.90. The third-order valence-electron chi connectivity index (χ3n) is 4.12. The van der Waals surface area contributed by atoms with Crippen LogP contribution in [0.15, 0.2) is 53.5 Å². The Morgan fingerprint density at radius 1 is 1.14 bits per heavy atom. The fourth-order valence-electron chi connectivity index (χ4n) is 2.93. The molecular formula is C18H19ClN2. The standard InChI is InChI=1S/C18H19ClN2/c1-3-18-20-16-11-7-10-15(19)14(16)12-17(21(18)2)13-8-5-4-6-9-13/h4-11,17H,3,12H2,1-2H3. The van der Waals surface area contributed by atoms with Crippen LogP contribution in [0.2, 0.25) is 5.02 Å². The van der Waals surface area contributed by atoms with E-state index in [-0.39, 0.29) is 6.04 Å². The molecule has 3 heteroatoms. The number of benzene rings is 2. The summed E-state index contributed by atoms with van der Waals surface area (Å²) in [5, 5.41) is 0.808. The molecule has 108 valence electrons. The Balaban J connectivity index is 2.12. The van der Waals surface area contributed by atoms with Gasteiger partial charge in [0.15, 0.2) is 0 Å².